The summed E-state index contributed by atoms with van der Waals surface area (Å²) >= 11 is 5.91. The zero-order chi connectivity index (χ0) is 17.0. The molecular weight excluding hydrogens is 318 g/mol. The minimum Gasteiger partial charge on any atom is -0.449 e. The summed E-state index contributed by atoms with van der Waals surface area (Å²) in [4.78, 5) is 21.8. The van der Waals surface area contributed by atoms with Gasteiger partial charge in [0.15, 0.2) is 17.4 Å². The van der Waals surface area contributed by atoms with Crippen molar-refractivity contribution in [3.05, 3.63) is 35.0 Å². The standard InChI is InChI=1S/C16H18ClN3O3/c1-4-20(5-2)15-13(23-16(21)22)10(3)18-14(19-15)11-6-8-12(17)9-7-11/h6-9H,4-5H2,1-3H3,(H,21,22). The lowest BCUT2D eigenvalue weighted by atomic mass is 10.2. The van der Waals surface area contributed by atoms with E-state index in [-0.39, 0.29) is 5.75 Å². The highest BCUT2D eigenvalue weighted by molar-refractivity contribution is 6.30. The molecule has 0 radical (unpaired) electrons. The second-order valence-electron chi connectivity index (χ2n) is 4.83. The molecule has 0 amide bonds. The summed E-state index contributed by atoms with van der Waals surface area (Å²) < 4.78 is 4.90. The van der Waals surface area contributed by atoms with E-state index in [0.29, 0.717) is 35.4 Å². The summed E-state index contributed by atoms with van der Waals surface area (Å²) in [5.41, 5.74) is 1.27. The number of aromatic nitrogens is 2. The molecule has 1 N–H and O–H groups in total. The molecule has 0 bridgehead atoms. The third-order valence-electron chi connectivity index (χ3n) is 3.37. The molecule has 0 aliphatic rings. The number of nitrogens with zero attached hydrogens (tertiary/aromatic N) is 3. The molecule has 2 rings (SSSR count). The molecule has 122 valence electrons. The fourth-order valence-corrected chi connectivity index (χ4v) is 2.35. The van der Waals surface area contributed by atoms with Crippen molar-refractivity contribution in [1.82, 2.24) is 9.97 Å². The molecule has 6 nitrogen and oxygen atoms in total. The highest BCUT2D eigenvalue weighted by Crippen LogP contribution is 2.32. The van der Waals surface area contributed by atoms with Crippen LogP contribution in [0.2, 0.25) is 5.02 Å². The molecule has 0 fully saturated rings. The van der Waals surface area contributed by atoms with Crippen LogP contribution in [0.5, 0.6) is 5.75 Å². The van der Waals surface area contributed by atoms with Crippen molar-refractivity contribution in [1.29, 1.82) is 0 Å². The monoisotopic (exact) mass is 335 g/mol. The maximum Gasteiger partial charge on any atom is 0.511 e. The number of rotatable bonds is 5. The van der Waals surface area contributed by atoms with Crippen molar-refractivity contribution < 1.29 is 14.6 Å². The quantitative estimate of drug-likeness (QED) is 0.832. The second kappa shape index (κ2) is 7.28. The average Bonchev–Trinajstić information content (AvgIpc) is 2.51. The Morgan fingerprint density at radius 3 is 2.35 bits per heavy atom. The van der Waals surface area contributed by atoms with E-state index in [9.17, 15) is 4.79 Å². The third-order valence-corrected chi connectivity index (χ3v) is 3.62. The Labute approximate surface area is 139 Å². The molecule has 2 aromatic rings. The molecule has 1 aromatic carbocycles. The van der Waals surface area contributed by atoms with Gasteiger partial charge in [0.05, 0.1) is 5.69 Å². The summed E-state index contributed by atoms with van der Waals surface area (Å²) in [6.45, 7) is 6.97. The van der Waals surface area contributed by atoms with Crippen LogP contribution < -0.4 is 9.64 Å². The van der Waals surface area contributed by atoms with Gasteiger partial charge in [-0.1, -0.05) is 11.6 Å². The first-order valence-electron chi connectivity index (χ1n) is 7.26. The molecule has 7 heteroatoms. The number of benzene rings is 1. The van der Waals surface area contributed by atoms with Crippen molar-refractivity contribution in [2.75, 3.05) is 18.0 Å². The zero-order valence-electron chi connectivity index (χ0n) is 13.2. The van der Waals surface area contributed by atoms with Crippen molar-refractivity contribution in [3.8, 4) is 17.1 Å². The number of hydrogen-bond donors (Lipinski definition) is 1. The number of hydrogen-bond acceptors (Lipinski definition) is 5. The third kappa shape index (κ3) is 3.90. The Bertz CT molecular complexity index is 700. The van der Waals surface area contributed by atoms with Gasteiger partial charge in [0.1, 0.15) is 0 Å². The number of anilines is 1. The fourth-order valence-electron chi connectivity index (χ4n) is 2.22. The summed E-state index contributed by atoms with van der Waals surface area (Å²) in [6.07, 6.45) is -1.38. The molecule has 1 aromatic heterocycles. The highest BCUT2D eigenvalue weighted by atomic mass is 35.5. The predicted octanol–water partition coefficient (Wildman–Crippen LogP) is 4.01. The van der Waals surface area contributed by atoms with Crippen LogP contribution in [0.1, 0.15) is 19.5 Å². The Morgan fingerprint density at radius 2 is 1.83 bits per heavy atom. The van der Waals surface area contributed by atoms with Gasteiger partial charge >= 0.3 is 6.16 Å². The van der Waals surface area contributed by atoms with E-state index < -0.39 is 6.16 Å². The van der Waals surface area contributed by atoms with E-state index in [1.807, 2.05) is 30.9 Å². The van der Waals surface area contributed by atoms with Gasteiger partial charge < -0.3 is 14.7 Å². The summed E-state index contributed by atoms with van der Waals surface area (Å²) in [7, 11) is 0. The van der Waals surface area contributed by atoms with Gasteiger partial charge in [-0.3, -0.25) is 0 Å². The van der Waals surface area contributed by atoms with Gasteiger partial charge in [0, 0.05) is 23.7 Å². The average molecular weight is 336 g/mol. The lowest BCUT2D eigenvalue weighted by Gasteiger charge is -2.23. The van der Waals surface area contributed by atoms with Crippen LogP contribution in [0.3, 0.4) is 0 Å². The lowest BCUT2D eigenvalue weighted by molar-refractivity contribution is 0.144. The molecule has 1 heterocycles. The minimum absolute atomic E-state index is 0.166. The molecule has 0 saturated carbocycles. The van der Waals surface area contributed by atoms with Crippen LogP contribution >= 0.6 is 11.6 Å². The van der Waals surface area contributed by atoms with E-state index >= 15 is 0 Å². The van der Waals surface area contributed by atoms with Crippen LogP contribution in [0.4, 0.5) is 10.6 Å². The normalized spacial score (nSPS) is 10.4. The van der Waals surface area contributed by atoms with Crippen LogP contribution in [-0.4, -0.2) is 34.3 Å². The maximum absolute atomic E-state index is 11.0. The zero-order valence-corrected chi connectivity index (χ0v) is 14.0. The Hall–Kier alpha value is -2.34. The fraction of sp³-hybridized carbons (Fsp3) is 0.312. The lowest BCUT2D eigenvalue weighted by Crippen LogP contribution is -2.25. The molecule has 0 spiro atoms. The molecule has 23 heavy (non-hydrogen) atoms. The number of aryl methyl sites for hydroxylation is 1. The summed E-state index contributed by atoms with van der Waals surface area (Å²) in [5.74, 6) is 1.13. The number of ether oxygens (including phenoxy) is 1. The molecule has 0 unspecified atom stereocenters. The Kier molecular flexibility index (Phi) is 5.39. The van der Waals surface area contributed by atoms with Gasteiger partial charge in [-0.2, -0.15) is 0 Å². The van der Waals surface area contributed by atoms with Gasteiger partial charge in [-0.25, -0.2) is 14.8 Å². The van der Waals surface area contributed by atoms with Crippen LogP contribution in [-0.2, 0) is 0 Å². The van der Waals surface area contributed by atoms with Gasteiger partial charge in [-0.05, 0) is 45.0 Å². The second-order valence-corrected chi connectivity index (χ2v) is 5.27. The minimum atomic E-state index is -1.38. The van der Waals surface area contributed by atoms with Crippen molar-refractivity contribution in [3.63, 3.8) is 0 Å². The van der Waals surface area contributed by atoms with Crippen molar-refractivity contribution in [2.45, 2.75) is 20.8 Å². The molecular formula is C16H18ClN3O3. The van der Waals surface area contributed by atoms with E-state index in [1.54, 1.807) is 19.1 Å². The van der Waals surface area contributed by atoms with Crippen LogP contribution in [0.15, 0.2) is 24.3 Å². The van der Waals surface area contributed by atoms with Crippen LogP contribution in [0, 0.1) is 6.92 Å². The van der Waals surface area contributed by atoms with Crippen LogP contribution in [0.25, 0.3) is 11.4 Å². The van der Waals surface area contributed by atoms with E-state index in [0.717, 1.165) is 5.56 Å². The summed E-state index contributed by atoms with van der Waals surface area (Å²) in [6, 6.07) is 7.16. The van der Waals surface area contributed by atoms with Gasteiger partial charge in [-0.15, -0.1) is 0 Å². The number of carbonyl (C=O) groups is 1. The predicted molar refractivity (Wildman–Crippen MR) is 89.4 cm³/mol. The summed E-state index contributed by atoms with van der Waals surface area (Å²) in [5, 5.41) is 9.57. The maximum atomic E-state index is 11.0. The Balaban J connectivity index is 2.58. The highest BCUT2D eigenvalue weighted by Gasteiger charge is 2.20. The SMILES string of the molecule is CCN(CC)c1nc(-c2ccc(Cl)cc2)nc(C)c1OC(=O)O. The molecule has 0 aliphatic heterocycles. The van der Waals surface area contributed by atoms with Gasteiger partial charge in [0.25, 0.3) is 0 Å². The molecule has 0 atom stereocenters. The van der Waals surface area contributed by atoms with Gasteiger partial charge in [0.2, 0.25) is 0 Å². The largest absolute Gasteiger partial charge is 0.511 e. The van der Waals surface area contributed by atoms with Crippen molar-refractivity contribution >= 4 is 23.6 Å². The molecule has 0 aliphatic carbocycles. The van der Waals surface area contributed by atoms with Crippen molar-refractivity contribution in [2.24, 2.45) is 0 Å². The smallest absolute Gasteiger partial charge is 0.449 e. The topological polar surface area (TPSA) is 75.5 Å². The number of halogens is 1. The van der Waals surface area contributed by atoms with E-state index in [1.165, 1.54) is 0 Å². The van der Waals surface area contributed by atoms with E-state index in [2.05, 4.69) is 9.97 Å². The first-order valence-corrected chi connectivity index (χ1v) is 7.64. The Morgan fingerprint density at radius 1 is 1.22 bits per heavy atom. The first-order chi connectivity index (χ1) is 11.0. The molecule has 0 saturated heterocycles. The van der Waals surface area contributed by atoms with E-state index in [4.69, 9.17) is 21.4 Å². The number of carboxylic acid groups (broad SMARTS) is 1. The first kappa shape index (κ1) is 17.0.